The molecule has 0 unspecified atom stereocenters. The minimum absolute atomic E-state index is 0.156. The first-order valence-corrected chi connectivity index (χ1v) is 18.6. The van der Waals surface area contributed by atoms with E-state index in [1.54, 1.807) is 0 Å². The molecular formula is C36H70O15. The molecule has 15 nitrogen and oxygen atoms in total. The van der Waals surface area contributed by atoms with Crippen molar-refractivity contribution >= 4 is 11.9 Å². The van der Waals surface area contributed by atoms with Crippen molar-refractivity contribution in [3.63, 3.8) is 0 Å². The Hall–Kier alpha value is -1.50. The van der Waals surface area contributed by atoms with Gasteiger partial charge in [0, 0.05) is 6.42 Å². The van der Waals surface area contributed by atoms with Crippen LogP contribution in [0.15, 0.2) is 0 Å². The van der Waals surface area contributed by atoms with Crippen LogP contribution in [0.3, 0.4) is 0 Å². The fourth-order valence-electron chi connectivity index (χ4n) is 3.83. The van der Waals surface area contributed by atoms with Gasteiger partial charge in [-0.3, -0.25) is 9.59 Å². The number of ether oxygens (including phenoxy) is 13. The summed E-state index contributed by atoms with van der Waals surface area (Å²) in [5.41, 5.74) is -0.477. The van der Waals surface area contributed by atoms with Gasteiger partial charge in [-0.05, 0) is 27.2 Å². The van der Waals surface area contributed by atoms with Crippen molar-refractivity contribution in [3.8, 4) is 0 Å². The molecule has 0 amide bonds. The minimum Gasteiger partial charge on any atom is -0.463 e. The Morgan fingerprint density at radius 3 is 0.941 bits per heavy atom. The van der Waals surface area contributed by atoms with Crippen molar-refractivity contribution < 1.29 is 71.2 Å². The summed E-state index contributed by atoms with van der Waals surface area (Å²) in [4.78, 5) is 23.1. The van der Waals surface area contributed by atoms with Crippen molar-refractivity contribution in [2.75, 3.05) is 152 Å². The molecule has 15 heteroatoms. The van der Waals surface area contributed by atoms with Gasteiger partial charge in [0.15, 0.2) is 0 Å². The number of hydrogen-bond donors (Lipinski definition) is 0. The zero-order valence-electron chi connectivity index (χ0n) is 32.1. The fraction of sp³-hybridized carbons (Fsp3) is 0.944. The largest absolute Gasteiger partial charge is 0.463 e. The predicted octanol–water partition coefficient (Wildman–Crippen LogP) is 3.41. The monoisotopic (exact) mass is 742 g/mol. The van der Waals surface area contributed by atoms with Gasteiger partial charge < -0.3 is 61.6 Å². The highest BCUT2D eigenvalue weighted by molar-refractivity contribution is 5.70. The number of carbonyl (C=O) groups is 2. The fourth-order valence-corrected chi connectivity index (χ4v) is 3.83. The Kier molecular flexibility index (Phi) is 38.5. The summed E-state index contributed by atoms with van der Waals surface area (Å²) in [6, 6.07) is 0. The maximum Gasteiger partial charge on any atom is 0.308 e. The van der Waals surface area contributed by atoms with E-state index < -0.39 is 5.60 Å². The van der Waals surface area contributed by atoms with Crippen LogP contribution in [-0.2, 0) is 71.2 Å². The van der Waals surface area contributed by atoms with Crippen LogP contribution in [0.2, 0.25) is 0 Å². The second kappa shape index (κ2) is 39.7. The van der Waals surface area contributed by atoms with Gasteiger partial charge in [-0.25, -0.2) is 0 Å². The van der Waals surface area contributed by atoms with E-state index in [2.05, 4.69) is 6.92 Å². The van der Waals surface area contributed by atoms with Crippen LogP contribution in [0, 0.1) is 0 Å². The highest BCUT2D eigenvalue weighted by Gasteiger charge is 2.15. The zero-order valence-corrected chi connectivity index (χ0v) is 32.1. The van der Waals surface area contributed by atoms with Crippen LogP contribution in [0.5, 0.6) is 0 Å². The lowest BCUT2D eigenvalue weighted by atomic mass is 10.2. The van der Waals surface area contributed by atoms with E-state index >= 15 is 0 Å². The summed E-state index contributed by atoms with van der Waals surface area (Å²) in [6.45, 7) is 18.1. The molecule has 0 N–H and O–H groups in total. The first-order valence-electron chi connectivity index (χ1n) is 18.6. The molecule has 0 aliphatic carbocycles. The molecule has 0 heterocycles. The van der Waals surface area contributed by atoms with Crippen LogP contribution in [0.25, 0.3) is 0 Å². The van der Waals surface area contributed by atoms with Crippen LogP contribution < -0.4 is 0 Å². The number of esters is 2. The van der Waals surface area contributed by atoms with Gasteiger partial charge in [-0.1, -0.05) is 26.2 Å². The van der Waals surface area contributed by atoms with E-state index in [1.165, 1.54) is 0 Å². The molecule has 0 rings (SSSR count). The van der Waals surface area contributed by atoms with E-state index in [1.807, 2.05) is 20.8 Å². The van der Waals surface area contributed by atoms with Crippen LogP contribution in [0.1, 0.15) is 66.2 Å². The molecule has 0 fully saturated rings. The van der Waals surface area contributed by atoms with Crippen molar-refractivity contribution in [1.29, 1.82) is 0 Å². The smallest absolute Gasteiger partial charge is 0.308 e. The lowest BCUT2D eigenvalue weighted by Gasteiger charge is -2.19. The van der Waals surface area contributed by atoms with Gasteiger partial charge in [0.05, 0.1) is 152 Å². The third-order valence-electron chi connectivity index (χ3n) is 6.32. The number of rotatable bonds is 41. The number of carbonyl (C=O) groups excluding carboxylic acids is 2. The van der Waals surface area contributed by atoms with Gasteiger partial charge in [0.1, 0.15) is 12.2 Å². The normalized spacial score (nSPS) is 11.7. The van der Waals surface area contributed by atoms with Crippen molar-refractivity contribution in [2.45, 2.75) is 71.8 Å². The first kappa shape index (κ1) is 49.5. The van der Waals surface area contributed by atoms with Gasteiger partial charge >= 0.3 is 11.9 Å². The summed E-state index contributed by atoms with van der Waals surface area (Å²) in [5.74, 6) is -0.424. The Bertz CT molecular complexity index is 736. The van der Waals surface area contributed by atoms with Gasteiger partial charge in [-0.15, -0.1) is 0 Å². The topological polar surface area (TPSA) is 154 Å². The molecule has 0 aromatic rings. The summed E-state index contributed by atoms with van der Waals surface area (Å²) < 4.78 is 70.3. The molecule has 0 bridgehead atoms. The van der Waals surface area contributed by atoms with Gasteiger partial charge in [0.25, 0.3) is 0 Å². The minimum atomic E-state index is -0.477. The molecule has 0 radical (unpaired) electrons. The molecule has 0 aliphatic rings. The van der Waals surface area contributed by atoms with Gasteiger partial charge in [-0.2, -0.15) is 0 Å². The average Bonchev–Trinajstić information content (AvgIpc) is 3.09. The standard InChI is InChI=1S/C36H70O15/c1-5-6-7-8-9-34(37)50-33-32-49-31-30-48-29-28-47-27-26-46-25-24-45-23-22-44-21-20-43-19-18-42-17-16-41-15-14-40-13-12-39-11-10-35(38)51-36(2,3)4/h5-33H2,1-4H3. The van der Waals surface area contributed by atoms with E-state index in [4.69, 9.17) is 61.6 Å². The molecule has 0 spiro atoms. The molecule has 0 aromatic heterocycles. The Morgan fingerprint density at radius 2 is 0.647 bits per heavy atom. The van der Waals surface area contributed by atoms with E-state index in [0.29, 0.717) is 152 Å². The van der Waals surface area contributed by atoms with Crippen molar-refractivity contribution in [2.24, 2.45) is 0 Å². The van der Waals surface area contributed by atoms with E-state index in [-0.39, 0.29) is 25.0 Å². The number of unbranched alkanes of at least 4 members (excludes halogenated alkanes) is 3. The summed E-state index contributed by atoms with van der Waals surface area (Å²) in [7, 11) is 0. The van der Waals surface area contributed by atoms with Crippen molar-refractivity contribution in [3.05, 3.63) is 0 Å². The lowest BCUT2D eigenvalue weighted by molar-refractivity contribution is -0.156. The maximum atomic E-state index is 11.6. The Morgan fingerprint density at radius 1 is 0.353 bits per heavy atom. The highest BCUT2D eigenvalue weighted by Crippen LogP contribution is 2.08. The maximum absolute atomic E-state index is 11.6. The van der Waals surface area contributed by atoms with E-state index in [9.17, 15) is 9.59 Å². The first-order chi connectivity index (χ1) is 24.8. The van der Waals surface area contributed by atoms with Crippen LogP contribution in [0.4, 0.5) is 0 Å². The molecule has 0 saturated carbocycles. The predicted molar refractivity (Wildman–Crippen MR) is 189 cm³/mol. The molecule has 0 aromatic carbocycles. The highest BCUT2D eigenvalue weighted by atomic mass is 16.6. The second-order valence-corrected chi connectivity index (χ2v) is 12.1. The van der Waals surface area contributed by atoms with Gasteiger partial charge in [0.2, 0.25) is 0 Å². The van der Waals surface area contributed by atoms with Crippen LogP contribution in [-0.4, -0.2) is 169 Å². The zero-order chi connectivity index (χ0) is 37.4. The summed E-state index contributed by atoms with van der Waals surface area (Å²) in [6.07, 6.45) is 4.97. The van der Waals surface area contributed by atoms with Crippen molar-refractivity contribution in [1.82, 2.24) is 0 Å². The molecular weight excluding hydrogens is 672 g/mol. The SMILES string of the molecule is CCCCCCC(=O)OCCOCCOCCOCCOCCOCCOCCOCCOCCOCCOCCOCCC(=O)OC(C)(C)C. The Balaban J connectivity index is 3.12. The second-order valence-electron chi connectivity index (χ2n) is 12.1. The molecule has 0 atom stereocenters. The third kappa shape index (κ3) is 44.6. The number of hydrogen-bond acceptors (Lipinski definition) is 15. The molecule has 0 aliphatic heterocycles. The average molecular weight is 743 g/mol. The molecule has 51 heavy (non-hydrogen) atoms. The summed E-state index contributed by atoms with van der Waals surface area (Å²) in [5, 5.41) is 0. The summed E-state index contributed by atoms with van der Waals surface area (Å²) >= 11 is 0. The third-order valence-corrected chi connectivity index (χ3v) is 6.32. The van der Waals surface area contributed by atoms with Crippen LogP contribution >= 0.6 is 0 Å². The van der Waals surface area contributed by atoms with E-state index in [0.717, 1.165) is 25.7 Å². The Labute approximate surface area is 306 Å². The lowest BCUT2D eigenvalue weighted by Crippen LogP contribution is -2.24. The molecule has 304 valence electrons. The quantitative estimate of drug-likeness (QED) is 0.0664. The molecule has 0 saturated heterocycles.